The third-order valence-corrected chi connectivity index (χ3v) is 5.09. The fourth-order valence-corrected chi connectivity index (χ4v) is 3.92. The summed E-state index contributed by atoms with van der Waals surface area (Å²) in [6.07, 6.45) is 0. The molecular weight excluding hydrogens is 315 g/mol. The number of para-hydroxylation sites is 1. The van der Waals surface area contributed by atoms with E-state index in [4.69, 9.17) is 4.74 Å². The second-order valence-electron chi connectivity index (χ2n) is 6.70. The van der Waals surface area contributed by atoms with Gasteiger partial charge in [0.15, 0.2) is 0 Å². The Morgan fingerprint density at radius 1 is 1.35 bits per heavy atom. The molecule has 0 saturated carbocycles. The summed E-state index contributed by atoms with van der Waals surface area (Å²) in [6.45, 7) is 6.31. The molecule has 0 aliphatic rings. The molecule has 0 aliphatic heterocycles. The van der Waals surface area contributed by atoms with Gasteiger partial charge in [-0.1, -0.05) is 31.8 Å². The number of fused-ring (bicyclic) bond motifs is 1. The number of hydrogen-bond acceptors (Lipinski definition) is 3. The van der Waals surface area contributed by atoms with Crippen molar-refractivity contribution in [3.63, 3.8) is 0 Å². The molecule has 7 heteroatoms. The molecule has 0 fully saturated rings. The molecule has 124 valence electrons. The number of carbonyl (C=O) groups excluding carboxylic acids is 2. The van der Waals surface area contributed by atoms with Gasteiger partial charge in [0, 0.05) is 13.5 Å². The van der Waals surface area contributed by atoms with Crippen molar-refractivity contribution in [3.8, 4) is 0 Å². The van der Waals surface area contributed by atoms with E-state index < -0.39 is 31.8 Å². The Morgan fingerprint density at radius 2 is 2.04 bits per heavy atom. The summed E-state index contributed by atoms with van der Waals surface area (Å²) in [5, 5.41) is 3.29. The Balaban J connectivity index is 2.23. The molecular formula is C16H21FN2O3Si. The van der Waals surface area contributed by atoms with E-state index in [2.05, 4.69) is 29.9 Å². The Kier molecular flexibility index (Phi) is 4.89. The first-order valence-electron chi connectivity index (χ1n) is 7.37. The Labute approximate surface area is 135 Å². The number of hydrogen-bond donors (Lipinski definition) is 2. The smallest absolute Gasteiger partial charge is 0.328 e. The van der Waals surface area contributed by atoms with Gasteiger partial charge in [-0.2, -0.15) is 0 Å². The molecule has 5 nitrogen and oxygen atoms in total. The Morgan fingerprint density at radius 3 is 2.61 bits per heavy atom. The highest BCUT2D eigenvalue weighted by Crippen LogP contribution is 2.19. The van der Waals surface area contributed by atoms with Crippen molar-refractivity contribution in [1.29, 1.82) is 0 Å². The van der Waals surface area contributed by atoms with Crippen molar-refractivity contribution in [1.82, 2.24) is 10.3 Å². The summed E-state index contributed by atoms with van der Waals surface area (Å²) in [7, 11) is -0.298. The van der Waals surface area contributed by atoms with E-state index in [1.165, 1.54) is 13.2 Å². The number of aromatic nitrogens is 1. The average molecular weight is 336 g/mol. The highest BCUT2D eigenvalue weighted by Gasteiger charge is 2.29. The average Bonchev–Trinajstić information content (AvgIpc) is 2.90. The lowest BCUT2D eigenvalue weighted by molar-refractivity contribution is -0.142. The van der Waals surface area contributed by atoms with Crippen molar-refractivity contribution in [2.45, 2.75) is 31.7 Å². The van der Waals surface area contributed by atoms with Crippen LogP contribution in [0.15, 0.2) is 24.3 Å². The number of halogens is 1. The number of aromatic amines is 1. The van der Waals surface area contributed by atoms with E-state index in [0.29, 0.717) is 11.4 Å². The van der Waals surface area contributed by atoms with Crippen LogP contribution in [-0.4, -0.2) is 38.1 Å². The maximum Gasteiger partial charge on any atom is 0.328 e. The normalized spacial score (nSPS) is 12.9. The van der Waals surface area contributed by atoms with Gasteiger partial charge >= 0.3 is 5.97 Å². The summed E-state index contributed by atoms with van der Waals surface area (Å²) in [5.74, 6) is -1.34. The summed E-state index contributed by atoms with van der Waals surface area (Å²) in [5.41, 5.74) is 0.493. The van der Waals surface area contributed by atoms with Gasteiger partial charge in [-0.3, -0.25) is 4.79 Å². The first-order valence-corrected chi connectivity index (χ1v) is 11.1. The van der Waals surface area contributed by atoms with Gasteiger partial charge in [-0.25, -0.2) is 9.18 Å². The molecule has 2 aromatic rings. The number of H-pyrrole nitrogens is 1. The number of amides is 1. The van der Waals surface area contributed by atoms with E-state index in [1.54, 1.807) is 18.2 Å². The summed E-state index contributed by atoms with van der Waals surface area (Å²) >= 11 is 0. The van der Waals surface area contributed by atoms with E-state index in [1.807, 2.05) is 0 Å². The number of esters is 1. The number of nitrogens with one attached hydrogen (secondary N) is 2. The van der Waals surface area contributed by atoms with Gasteiger partial charge in [0.2, 0.25) is 0 Å². The van der Waals surface area contributed by atoms with E-state index in [9.17, 15) is 14.0 Å². The number of rotatable bonds is 5. The molecule has 0 aliphatic carbocycles. The van der Waals surface area contributed by atoms with Gasteiger partial charge in [0.1, 0.15) is 17.6 Å². The molecule has 2 N–H and O–H groups in total. The van der Waals surface area contributed by atoms with Crippen molar-refractivity contribution >= 4 is 30.9 Å². The van der Waals surface area contributed by atoms with E-state index >= 15 is 0 Å². The van der Waals surface area contributed by atoms with Crippen LogP contribution in [0.25, 0.3) is 10.9 Å². The topological polar surface area (TPSA) is 71.2 Å². The lowest BCUT2D eigenvalue weighted by Crippen LogP contribution is -2.45. The molecule has 2 rings (SSSR count). The Bertz CT molecular complexity index is 736. The Hall–Kier alpha value is -2.15. The summed E-state index contributed by atoms with van der Waals surface area (Å²) < 4.78 is 18.5. The molecule has 1 amide bonds. The maximum absolute atomic E-state index is 13.7. The first-order chi connectivity index (χ1) is 10.7. The van der Waals surface area contributed by atoms with Crippen LogP contribution in [0, 0.1) is 5.82 Å². The number of carbonyl (C=O) groups is 2. The van der Waals surface area contributed by atoms with Crippen LogP contribution in [0.2, 0.25) is 25.7 Å². The highest BCUT2D eigenvalue weighted by atomic mass is 28.3. The molecule has 1 aromatic carbocycles. The minimum absolute atomic E-state index is 0.217. The second kappa shape index (κ2) is 6.53. The van der Waals surface area contributed by atoms with Crippen LogP contribution in [0.5, 0.6) is 0 Å². The molecule has 0 saturated heterocycles. The maximum atomic E-state index is 13.7. The quantitative estimate of drug-likeness (QED) is 0.651. The van der Waals surface area contributed by atoms with Gasteiger partial charge in [-0.15, -0.1) is 0 Å². The predicted molar refractivity (Wildman–Crippen MR) is 89.7 cm³/mol. The molecule has 0 unspecified atom stereocenters. The van der Waals surface area contributed by atoms with Crippen molar-refractivity contribution in [2.75, 3.05) is 7.11 Å². The number of ether oxygens (including phenoxy) is 1. The molecule has 1 heterocycles. The van der Waals surface area contributed by atoms with Crippen LogP contribution in [0.3, 0.4) is 0 Å². The van der Waals surface area contributed by atoms with Gasteiger partial charge < -0.3 is 15.0 Å². The third kappa shape index (κ3) is 4.19. The van der Waals surface area contributed by atoms with Gasteiger partial charge in [0.05, 0.1) is 12.6 Å². The molecule has 0 bridgehead atoms. The van der Waals surface area contributed by atoms with Crippen molar-refractivity contribution in [3.05, 3.63) is 35.8 Å². The van der Waals surface area contributed by atoms with Crippen LogP contribution in [0.1, 0.15) is 10.5 Å². The lowest BCUT2D eigenvalue weighted by Gasteiger charge is -2.23. The molecule has 1 atom stereocenters. The molecule has 0 radical (unpaired) electrons. The van der Waals surface area contributed by atoms with Gasteiger partial charge in [-0.05, 0) is 18.2 Å². The summed E-state index contributed by atoms with van der Waals surface area (Å²) in [6, 6.07) is 6.05. The zero-order chi connectivity index (χ0) is 17.2. The number of benzene rings is 1. The highest BCUT2D eigenvalue weighted by molar-refractivity contribution is 6.76. The third-order valence-electron chi connectivity index (χ3n) is 3.46. The van der Waals surface area contributed by atoms with E-state index in [-0.39, 0.29) is 11.2 Å². The SMILES string of the molecule is COC(=O)[C@H](C[Si](C)(C)C)NC(=O)c1cc2cccc(F)c2[nH]1. The predicted octanol–water partition coefficient (Wildman–Crippen LogP) is 2.92. The monoisotopic (exact) mass is 336 g/mol. The van der Waals surface area contributed by atoms with Crippen molar-refractivity contribution in [2.24, 2.45) is 0 Å². The van der Waals surface area contributed by atoms with Crippen LogP contribution in [0.4, 0.5) is 4.39 Å². The van der Waals surface area contributed by atoms with Gasteiger partial charge in [0.25, 0.3) is 5.91 Å². The van der Waals surface area contributed by atoms with Crippen molar-refractivity contribution < 1.29 is 18.7 Å². The number of methoxy groups -OCH3 is 1. The van der Waals surface area contributed by atoms with E-state index in [0.717, 1.165) is 0 Å². The zero-order valence-corrected chi connectivity index (χ0v) is 14.7. The molecule has 23 heavy (non-hydrogen) atoms. The second-order valence-corrected chi connectivity index (χ2v) is 12.2. The first kappa shape index (κ1) is 17.2. The van der Waals surface area contributed by atoms with Crippen LogP contribution < -0.4 is 5.32 Å². The fraction of sp³-hybridized carbons (Fsp3) is 0.375. The van der Waals surface area contributed by atoms with Crippen LogP contribution >= 0.6 is 0 Å². The zero-order valence-electron chi connectivity index (χ0n) is 13.7. The standard InChI is InChI=1S/C16H21FN2O3Si/c1-22-16(21)13(9-23(2,3)4)19-15(20)12-8-10-6-5-7-11(17)14(10)18-12/h5-8,13,18H,9H2,1-4H3,(H,19,20)/t13-/m0/s1. The minimum atomic E-state index is -1.59. The molecule has 1 aromatic heterocycles. The molecule has 0 spiro atoms. The minimum Gasteiger partial charge on any atom is -0.467 e. The van der Waals surface area contributed by atoms with Crippen LogP contribution in [-0.2, 0) is 9.53 Å². The lowest BCUT2D eigenvalue weighted by atomic mass is 10.2. The largest absolute Gasteiger partial charge is 0.467 e. The summed E-state index contributed by atoms with van der Waals surface area (Å²) in [4.78, 5) is 27.0. The fourth-order valence-electron chi connectivity index (χ4n) is 2.43.